The molecule has 0 bridgehead atoms. The van der Waals surface area contributed by atoms with Gasteiger partial charge in [0.2, 0.25) is 5.16 Å². The fourth-order valence-corrected chi connectivity index (χ4v) is 3.45. The minimum Gasteiger partial charge on any atom is -0.497 e. The summed E-state index contributed by atoms with van der Waals surface area (Å²) in [5.74, 6) is 0.829. The van der Waals surface area contributed by atoms with Crippen molar-refractivity contribution >= 4 is 17.5 Å². The Morgan fingerprint density at radius 1 is 1.15 bits per heavy atom. The van der Waals surface area contributed by atoms with Gasteiger partial charge in [0.1, 0.15) is 5.75 Å². The topological polar surface area (TPSA) is 69.9 Å². The van der Waals surface area contributed by atoms with Gasteiger partial charge < -0.3 is 4.74 Å². The average molecular weight is 368 g/mol. The highest BCUT2D eigenvalue weighted by Gasteiger charge is 2.22. The lowest BCUT2D eigenvalue weighted by molar-refractivity contribution is 0.0993. The van der Waals surface area contributed by atoms with E-state index in [1.165, 1.54) is 11.8 Å². The van der Waals surface area contributed by atoms with E-state index in [0.717, 1.165) is 28.1 Å². The number of hydrogen-bond acceptors (Lipinski definition) is 6. The molecule has 1 atom stereocenters. The molecule has 0 amide bonds. The second-order valence-corrected chi connectivity index (χ2v) is 7.32. The van der Waals surface area contributed by atoms with Gasteiger partial charge in [0.15, 0.2) is 5.78 Å². The third kappa shape index (κ3) is 3.77. The van der Waals surface area contributed by atoms with Gasteiger partial charge in [-0.25, -0.2) is 0 Å². The van der Waals surface area contributed by atoms with E-state index in [-0.39, 0.29) is 11.0 Å². The minimum atomic E-state index is -0.307. The zero-order valence-electron chi connectivity index (χ0n) is 15.1. The summed E-state index contributed by atoms with van der Waals surface area (Å²) in [6.45, 7) is 5.81. The Morgan fingerprint density at radius 3 is 2.58 bits per heavy atom. The number of thioether (sulfide) groups is 1. The van der Waals surface area contributed by atoms with Gasteiger partial charge in [0.25, 0.3) is 0 Å². The van der Waals surface area contributed by atoms with Crippen molar-refractivity contribution in [2.45, 2.75) is 31.2 Å². The fourth-order valence-electron chi connectivity index (χ4n) is 2.57. The van der Waals surface area contributed by atoms with Gasteiger partial charge in [0, 0.05) is 5.56 Å². The molecule has 7 heteroatoms. The Kier molecular flexibility index (Phi) is 5.37. The molecule has 0 saturated heterocycles. The molecule has 26 heavy (non-hydrogen) atoms. The number of carbonyl (C=O) groups excluding carboxylic acids is 1. The molecule has 3 aromatic rings. The number of hydrogen-bond donors (Lipinski definition) is 0. The molecule has 2 aromatic carbocycles. The highest BCUT2D eigenvalue weighted by molar-refractivity contribution is 8.00. The number of benzene rings is 2. The van der Waals surface area contributed by atoms with Gasteiger partial charge in [-0.1, -0.05) is 29.5 Å². The molecular formula is C19H20N4O2S. The molecule has 1 aromatic heterocycles. The van der Waals surface area contributed by atoms with Crippen LogP contribution in [0.15, 0.2) is 47.6 Å². The van der Waals surface area contributed by atoms with E-state index in [1.54, 1.807) is 11.8 Å². The molecule has 0 spiro atoms. The van der Waals surface area contributed by atoms with Crippen LogP contribution in [0.25, 0.3) is 5.69 Å². The highest BCUT2D eigenvalue weighted by Crippen LogP contribution is 2.27. The van der Waals surface area contributed by atoms with Crippen LogP contribution in [0.5, 0.6) is 5.75 Å². The Labute approximate surface area is 156 Å². The Morgan fingerprint density at radius 2 is 1.88 bits per heavy atom. The van der Waals surface area contributed by atoms with Crippen molar-refractivity contribution in [2.24, 2.45) is 0 Å². The van der Waals surface area contributed by atoms with Gasteiger partial charge in [-0.2, -0.15) is 4.68 Å². The van der Waals surface area contributed by atoms with Gasteiger partial charge in [-0.05, 0) is 67.1 Å². The largest absolute Gasteiger partial charge is 0.497 e. The van der Waals surface area contributed by atoms with Crippen LogP contribution in [0.2, 0.25) is 0 Å². The van der Waals surface area contributed by atoms with Crippen LogP contribution in [0.1, 0.15) is 28.4 Å². The molecule has 0 saturated carbocycles. The molecule has 0 radical (unpaired) electrons. The normalized spacial score (nSPS) is 12.0. The lowest BCUT2D eigenvalue weighted by atomic mass is 10.0. The fraction of sp³-hybridized carbons (Fsp3) is 0.263. The monoisotopic (exact) mass is 368 g/mol. The van der Waals surface area contributed by atoms with Crippen molar-refractivity contribution in [3.05, 3.63) is 59.2 Å². The predicted molar refractivity (Wildman–Crippen MR) is 101 cm³/mol. The van der Waals surface area contributed by atoms with Crippen LogP contribution in [-0.2, 0) is 0 Å². The van der Waals surface area contributed by atoms with Crippen LogP contribution >= 0.6 is 11.8 Å². The van der Waals surface area contributed by atoms with E-state index in [2.05, 4.69) is 15.5 Å². The summed E-state index contributed by atoms with van der Waals surface area (Å²) in [6, 6.07) is 13.3. The third-order valence-corrected chi connectivity index (χ3v) is 5.10. The first kappa shape index (κ1) is 18.1. The zero-order valence-corrected chi connectivity index (χ0v) is 15.9. The van der Waals surface area contributed by atoms with Crippen LogP contribution in [0.3, 0.4) is 0 Å². The first-order valence-corrected chi connectivity index (χ1v) is 9.08. The summed E-state index contributed by atoms with van der Waals surface area (Å²) in [4.78, 5) is 12.9. The lowest BCUT2D eigenvalue weighted by Gasteiger charge is -2.12. The SMILES string of the molecule is COc1ccc(-n2nnnc2S[C@H](C)C(=O)c2cc(C)ccc2C)cc1. The number of ketones is 1. The number of methoxy groups -OCH3 is 1. The zero-order chi connectivity index (χ0) is 18.7. The van der Waals surface area contributed by atoms with Crippen LogP contribution in [0.4, 0.5) is 0 Å². The Hall–Kier alpha value is -2.67. The maximum atomic E-state index is 12.9. The summed E-state index contributed by atoms with van der Waals surface area (Å²) < 4.78 is 6.79. The smallest absolute Gasteiger partial charge is 0.214 e. The van der Waals surface area contributed by atoms with E-state index in [0.29, 0.717) is 5.16 Å². The molecule has 0 fully saturated rings. The van der Waals surface area contributed by atoms with Gasteiger partial charge in [-0.15, -0.1) is 5.10 Å². The molecule has 3 rings (SSSR count). The summed E-state index contributed by atoms with van der Waals surface area (Å²) in [5, 5.41) is 12.1. The average Bonchev–Trinajstić information content (AvgIpc) is 3.11. The minimum absolute atomic E-state index is 0.0699. The van der Waals surface area contributed by atoms with Gasteiger partial charge in [0.05, 0.1) is 18.0 Å². The number of nitrogens with zero attached hydrogens (tertiary/aromatic N) is 4. The first-order chi connectivity index (χ1) is 12.5. The molecular weight excluding hydrogens is 348 g/mol. The molecule has 134 valence electrons. The summed E-state index contributed by atoms with van der Waals surface area (Å²) >= 11 is 1.35. The third-order valence-electron chi connectivity index (χ3n) is 4.07. The van der Waals surface area contributed by atoms with Crippen LogP contribution < -0.4 is 4.74 Å². The number of carbonyl (C=O) groups is 1. The number of tetrazole rings is 1. The standard InChI is InChI=1S/C19H20N4O2S/c1-12-5-6-13(2)17(11-12)18(24)14(3)26-19-20-21-22-23(19)15-7-9-16(25-4)10-8-15/h5-11,14H,1-4H3/t14-/m1/s1. The number of aromatic nitrogens is 4. The number of rotatable bonds is 6. The number of Topliss-reactive ketones (excluding diaryl/α,β-unsaturated/α-hetero) is 1. The summed E-state index contributed by atoms with van der Waals surface area (Å²) in [7, 11) is 1.62. The van der Waals surface area contributed by atoms with Crippen molar-refractivity contribution in [2.75, 3.05) is 7.11 Å². The molecule has 0 aliphatic heterocycles. The molecule has 0 aliphatic carbocycles. The molecule has 1 heterocycles. The van der Waals surface area contributed by atoms with Crippen LogP contribution in [0, 0.1) is 13.8 Å². The molecule has 0 aliphatic rings. The van der Waals surface area contributed by atoms with E-state index >= 15 is 0 Å². The Bertz CT molecular complexity index is 922. The highest BCUT2D eigenvalue weighted by atomic mass is 32.2. The van der Waals surface area contributed by atoms with Crippen molar-refractivity contribution in [1.82, 2.24) is 20.2 Å². The summed E-state index contributed by atoms with van der Waals surface area (Å²) in [6.07, 6.45) is 0. The van der Waals surface area contributed by atoms with E-state index in [1.807, 2.05) is 63.2 Å². The van der Waals surface area contributed by atoms with Crippen molar-refractivity contribution in [3.63, 3.8) is 0 Å². The van der Waals surface area contributed by atoms with Crippen molar-refractivity contribution in [3.8, 4) is 11.4 Å². The second kappa shape index (κ2) is 7.70. The van der Waals surface area contributed by atoms with Crippen molar-refractivity contribution in [1.29, 1.82) is 0 Å². The maximum Gasteiger partial charge on any atom is 0.214 e. The van der Waals surface area contributed by atoms with Crippen molar-refractivity contribution < 1.29 is 9.53 Å². The van der Waals surface area contributed by atoms with Gasteiger partial charge in [-0.3, -0.25) is 4.79 Å². The van der Waals surface area contributed by atoms with E-state index < -0.39 is 0 Å². The molecule has 6 nitrogen and oxygen atoms in total. The van der Waals surface area contributed by atoms with E-state index in [9.17, 15) is 4.79 Å². The van der Waals surface area contributed by atoms with E-state index in [4.69, 9.17) is 4.74 Å². The molecule has 0 N–H and O–H groups in total. The quantitative estimate of drug-likeness (QED) is 0.489. The van der Waals surface area contributed by atoms with Crippen LogP contribution in [-0.4, -0.2) is 38.4 Å². The molecule has 0 unspecified atom stereocenters. The number of ether oxygens (including phenoxy) is 1. The Balaban J connectivity index is 1.82. The maximum absolute atomic E-state index is 12.9. The first-order valence-electron chi connectivity index (χ1n) is 8.20. The second-order valence-electron chi connectivity index (χ2n) is 6.01. The summed E-state index contributed by atoms with van der Waals surface area (Å²) in [5.41, 5.74) is 3.60. The lowest BCUT2D eigenvalue weighted by Crippen LogP contribution is -2.16. The van der Waals surface area contributed by atoms with Gasteiger partial charge >= 0.3 is 0 Å². The number of aryl methyl sites for hydroxylation is 2. The predicted octanol–water partition coefficient (Wildman–Crippen LogP) is 3.65.